The average Bonchev–Trinajstić information content (AvgIpc) is 3.23. The van der Waals surface area contributed by atoms with Gasteiger partial charge in [0.2, 0.25) is 17.7 Å². The van der Waals surface area contributed by atoms with Crippen molar-refractivity contribution < 1.29 is 14.4 Å². The summed E-state index contributed by atoms with van der Waals surface area (Å²) in [6, 6.07) is 7.53. The highest BCUT2D eigenvalue weighted by Gasteiger charge is 2.58. The van der Waals surface area contributed by atoms with Crippen LogP contribution in [0.3, 0.4) is 0 Å². The van der Waals surface area contributed by atoms with Gasteiger partial charge in [-0.1, -0.05) is 29.8 Å². The van der Waals surface area contributed by atoms with Crippen LogP contribution >= 0.6 is 0 Å². The van der Waals surface area contributed by atoms with E-state index in [1.807, 2.05) is 31.2 Å². The molecule has 0 aromatic heterocycles. The van der Waals surface area contributed by atoms with Gasteiger partial charge in [-0.2, -0.15) is 0 Å². The minimum absolute atomic E-state index is 0.0926. The lowest BCUT2D eigenvalue weighted by atomic mass is 9.85. The maximum Gasteiger partial charge on any atom is 0.233 e. The number of imide groups is 1. The van der Waals surface area contributed by atoms with E-state index in [4.69, 9.17) is 0 Å². The summed E-state index contributed by atoms with van der Waals surface area (Å²) in [5, 5.41) is 2.80. The quantitative estimate of drug-likeness (QED) is 0.681. The molecule has 4 rings (SSSR count). The Kier molecular flexibility index (Phi) is 3.52. The zero-order chi connectivity index (χ0) is 16.8. The monoisotopic (exact) mass is 324 g/mol. The van der Waals surface area contributed by atoms with Gasteiger partial charge in [0.1, 0.15) is 0 Å². The van der Waals surface area contributed by atoms with Gasteiger partial charge in [-0.25, -0.2) is 0 Å². The molecule has 1 saturated carbocycles. The Morgan fingerprint density at radius 2 is 1.67 bits per heavy atom. The number of nitrogens with one attached hydrogen (secondary N) is 1. The normalized spacial score (nSPS) is 30.1. The predicted molar refractivity (Wildman–Crippen MR) is 88.9 cm³/mol. The van der Waals surface area contributed by atoms with Gasteiger partial charge in [-0.15, -0.1) is 0 Å². The third-order valence-corrected chi connectivity index (χ3v) is 5.46. The second-order valence-electron chi connectivity index (χ2n) is 6.99. The van der Waals surface area contributed by atoms with Crippen LogP contribution in [0.15, 0.2) is 36.4 Å². The first-order valence-corrected chi connectivity index (χ1v) is 8.44. The molecule has 2 aliphatic carbocycles. The van der Waals surface area contributed by atoms with Crippen molar-refractivity contribution in [1.29, 1.82) is 0 Å². The van der Waals surface area contributed by atoms with Crippen LogP contribution in [0.5, 0.6) is 0 Å². The van der Waals surface area contributed by atoms with E-state index >= 15 is 0 Å². The molecule has 124 valence electrons. The number of fused-ring (bicyclic) bond motifs is 5. The fourth-order valence-electron chi connectivity index (χ4n) is 4.26. The second-order valence-corrected chi connectivity index (χ2v) is 6.99. The number of anilines is 1. The molecule has 3 amide bonds. The fourth-order valence-corrected chi connectivity index (χ4v) is 4.26. The third kappa shape index (κ3) is 2.35. The molecule has 1 aromatic rings. The first-order valence-electron chi connectivity index (χ1n) is 8.44. The third-order valence-electron chi connectivity index (χ3n) is 5.46. The lowest BCUT2D eigenvalue weighted by Gasteiger charge is -2.16. The molecule has 24 heavy (non-hydrogen) atoms. The van der Waals surface area contributed by atoms with Crippen molar-refractivity contribution in [2.24, 2.45) is 23.7 Å². The number of allylic oxidation sites excluding steroid dienone is 2. The molecule has 1 aliphatic heterocycles. The Morgan fingerprint density at radius 1 is 1.08 bits per heavy atom. The SMILES string of the molecule is Cc1ccc(NC(=O)CCN2C(=O)[C@@H]3[C@H](C2=O)[C@H]2C=C[C@@H]3C2)cc1. The zero-order valence-corrected chi connectivity index (χ0v) is 13.6. The van der Waals surface area contributed by atoms with E-state index in [1.165, 1.54) is 4.90 Å². The summed E-state index contributed by atoms with van der Waals surface area (Å²) < 4.78 is 0. The van der Waals surface area contributed by atoms with Gasteiger partial charge in [0, 0.05) is 18.7 Å². The van der Waals surface area contributed by atoms with Gasteiger partial charge in [0.25, 0.3) is 0 Å². The first-order chi connectivity index (χ1) is 11.5. The molecule has 1 saturated heterocycles. The molecular weight excluding hydrogens is 304 g/mol. The van der Waals surface area contributed by atoms with Crippen LogP contribution < -0.4 is 5.32 Å². The van der Waals surface area contributed by atoms with Gasteiger partial charge in [0.15, 0.2) is 0 Å². The number of rotatable bonds is 4. The molecular formula is C19H20N2O3. The van der Waals surface area contributed by atoms with Crippen molar-refractivity contribution in [1.82, 2.24) is 4.90 Å². The van der Waals surface area contributed by atoms with Gasteiger partial charge in [0.05, 0.1) is 11.8 Å². The molecule has 2 fully saturated rings. The lowest BCUT2D eigenvalue weighted by Crippen LogP contribution is -2.35. The van der Waals surface area contributed by atoms with Crippen molar-refractivity contribution in [3.05, 3.63) is 42.0 Å². The van der Waals surface area contributed by atoms with E-state index in [-0.39, 0.29) is 54.4 Å². The summed E-state index contributed by atoms with van der Waals surface area (Å²) in [7, 11) is 0. The minimum Gasteiger partial charge on any atom is -0.326 e. The van der Waals surface area contributed by atoms with Crippen LogP contribution in [0.2, 0.25) is 0 Å². The topological polar surface area (TPSA) is 66.5 Å². The average molecular weight is 324 g/mol. The molecule has 1 N–H and O–H groups in total. The molecule has 3 aliphatic rings. The number of hydrogen-bond donors (Lipinski definition) is 1. The van der Waals surface area contributed by atoms with E-state index < -0.39 is 0 Å². The molecule has 0 radical (unpaired) electrons. The van der Waals surface area contributed by atoms with Gasteiger partial charge >= 0.3 is 0 Å². The first kappa shape index (κ1) is 15.1. The molecule has 1 heterocycles. The molecule has 4 atom stereocenters. The van der Waals surface area contributed by atoms with Gasteiger partial charge in [-0.05, 0) is 37.3 Å². The van der Waals surface area contributed by atoms with Crippen molar-refractivity contribution in [2.75, 3.05) is 11.9 Å². The lowest BCUT2D eigenvalue weighted by molar-refractivity contribution is -0.140. The molecule has 0 spiro atoms. The van der Waals surface area contributed by atoms with Crippen LogP contribution in [0.1, 0.15) is 18.4 Å². The fraction of sp³-hybridized carbons (Fsp3) is 0.421. The Hall–Kier alpha value is -2.43. The van der Waals surface area contributed by atoms with Crippen LogP contribution in [0.25, 0.3) is 0 Å². The summed E-state index contributed by atoms with van der Waals surface area (Å²) in [6.07, 6.45) is 5.21. The van der Waals surface area contributed by atoms with Crippen molar-refractivity contribution in [3.8, 4) is 0 Å². The Morgan fingerprint density at radius 3 is 2.25 bits per heavy atom. The Balaban J connectivity index is 1.36. The molecule has 2 bridgehead atoms. The minimum atomic E-state index is -0.187. The largest absolute Gasteiger partial charge is 0.326 e. The van der Waals surface area contributed by atoms with Crippen LogP contribution in [0.4, 0.5) is 5.69 Å². The molecule has 5 nitrogen and oxygen atoms in total. The summed E-state index contributed by atoms with van der Waals surface area (Å²) in [4.78, 5) is 38.5. The molecule has 1 aromatic carbocycles. The Bertz CT molecular complexity index is 707. The van der Waals surface area contributed by atoms with Crippen LogP contribution in [0, 0.1) is 30.6 Å². The highest BCUT2D eigenvalue weighted by Crippen LogP contribution is 2.52. The molecule has 0 unspecified atom stereocenters. The number of nitrogens with zero attached hydrogens (tertiary/aromatic N) is 1. The summed E-state index contributed by atoms with van der Waals surface area (Å²) in [5.74, 6) is -0.321. The Labute approximate surface area is 140 Å². The number of amides is 3. The number of likely N-dealkylation sites (tertiary alicyclic amines) is 1. The smallest absolute Gasteiger partial charge is 0.233 e. The van der Waals surface area contributed by atoms with E-state index in [0.717, 1.165) is 17.7 Å². The van der Waals surface area contributed by atoms with Crippen molar-refractivity contribution in [3.63, 3.8) is 0 Å². The number of carbonyl (C=O) groups excluding carboxylic acids is 3. The maximum atomic E-state index is 12.5. The summed E-state index contributed by atoms with van der Waals surface area (Å²) in [6.45, 7) is 2.15. The van der Waals surface area contributed by atoms with E-state index in [2.05, 4.69) is 17.5 Å². The van der Waals surface area contributed by atoms with Crippen molar-refractivity contribution in [2.45, 2.75) is 19.8 Å². The zero-order valence-electron chi connectivity index (χ0n) is 13.6. The number of aryl methyl sites for hydroxylation is 1. The van der Waals surface area contributed by atoms with Gasteiger partial charge < -0.3 is 5.32 Å². The number of hydrogen-bond acceptors (Lipinski definition) is 3. The molecule has 5 heteroatoms. The highest BCUT2D eigenvalue weighted by atomic mass is 16.2. The van der Waals surface area contributed by atoms with E-state index in [1.54, 1.807) is 0 Å². The van der Waals surface area contributed by atoms with Gasteiger partial charge in [-0.3, -0.25) is 19.3 Å². The summed E-state index contributed by atoms with van der Waals surface area (Å²) >= 11 is 0. The van der Waals surface area contributed by atoms with Crippen LogP contribution in [-0.4, -0.2) is 29.2 Å². The van der Waals surface area contributed by atoms with E-state index in [0.29, 0.717) is 0 Å². The van der Waals surface area contributed by atoms with Crippen molar-refractivity contribution >= 4 is 23.4 Å². The maximum absolute atomic E-state index is 12.5. The number of carbonyl (C=O) groups is 3. The predicted octanol–water partition coefficient (Wildman–Crippen LogP) is 2.13. The number of benzene rings is 1. The standard InChI is InChI=1S/C19H20N2O3/c1-11-2-6-14(7-3-11)20-15(22)8-9-21-18(23)16-12-4-5-13(10-12)17(16)19(21)24/h2-7,12-13,16-17H,8-10H2,1H3,(H,20,22)/t12-,13+,16+,17-. The van der Waals surface area contributed by atoms with Crippen LogP contribution in [-0.2, 0) is 14.4 Å². The summed E-state index contributed by atoms with van der Waals surface area (Å²) in [5.41, 5.74) is 1.85. The van der Waals surface area contributed by atoms with E-state index in [9.17, 15) is 14.4 Å². The second kappa shape index (κ2) is 5.58. The highest BCUT2D eigenvalue weighted by molar-refractivity contribution is 6.06.